The minimum absolute atomic E-state index is 0.249. The van der Waals surface area contributed by atoms with Gasteiger partial charge in [-0.1, -0.05) is 35.6 Å². The Balaban J connectivity index is 1.86. The van der Waals surface area contributed by atoms with Crippen LogP contribution in [0.15, 0.2) is 74.5 Å². The summed E-state index contributed by atoms with van der Waals surface area (Å²) >= 11 is 2.87. The number of allylic oxidation sites excluding steroid dienone is 1. The summed E-state index contributed by atoms with van der Waals surface area (Å²) in [6.07, 6.45) is 3.74. The standard InChI is InChI=1S/C25H22N2O5S2/c1-14-21(24(30)31-3)22(17-7-11-19(33-4)12-8-17)27-23(29)20(34-25(27)26-14)13-16-5-9-18(10-6-16)32-15(2)28/h5-13,22H,1-4H3. The zero-order valence-electron chi connectivity index (χ0n) is 19.0. The maximum Gasteiger partial charge on any atom is 0.338 e. The lowest BCUT2D eigenvalue weighted by Crippen LogP contribution is -2.39. The Kier molecular flexibility index (Phi) is 6.85. The summed E-state index contributed by atoms with van der Waals surface area (Å²) in [5.41, 5.74) is 2.17. The number of ether oxygens (including phenoxy) is 2. The van der Waals surface area contributed by atoms with Crippen molar-refractivity contribution in [1.29, 1.82) is 0 Å². The highest BCUT2D eigenvalue weighted by atomic mass is 32.2. The van der Waals surface area contributed by atoms with Crippen LogP contribution in [0.25, 0.3) is 6.08 Å². The van der Waals surface area contributed by atoms with Crippen LogP contribution < -0.4 is 19.6 Å². The molecule has 7 nitrogen and oxygen atoms in total. The van der Waals surface area contributed by atoms with E-state index in [0.29, 0.717) is 26.4 Å². The van der Waals surface area contributed by atoms with Crippen LogP contribution >= 0.6 is 23.1 Å². The van der Waals surface area contributed by atoms with Gasteiger partial charge in [-0.3, -0.25) is 14.2 Å². The average Bonchev–Trinajstić information content (AvgIpc) is 3.13. The number of nitrogens with zero attached hydrogens (tertiary/aromatic N) is 2. The number of aromatic nitrogens is 1. The van der Waals surface area contributed by atoms with Gasteiger partial charge in [0.15, 0.2) is 4.80 Å². The van der Waals surface area contributed by atoms with Gasteiger partial charge in [0.25, 0.3) is 5.56 Å². The fourth-order valence-electron chi connectivity index (χ4n) is 3.74. The molecule has 4 rings (SSSR count). The van der Waals surface area contributed by atoms with Crippen molar-refractivity contribution in [3.05, 3.63) is 90.6 Å². The quantitative estimate of drug-likeness (QED) is 0.308. The van der Waals surface area contributed by atoms with E-state index in [0.717, 1.165) is 16.0 Å². The number of methoxy groups -OCH3 is 1. The van der Waals surface area contributed by atoms with Crippen molar-refractivity contribution in [1.82, 2.24) is 4.57 Å². The Morgan fingerprint density at radius 2 is 1.79 bits per heavy atom. The molecule has 1 aromatic heterocycles. The predicted octanol–water partition coefficient (Wildman–Crippen LogP) is 3.06. The van der Waals surface area contributed by atoms with E-state index >= 15 is 0 Å². The summed E-state index contributed by atoms with van der Waals surface area (Å²) in [6.45, 7) is 3.09. The van der Waals surface area contributed by atoms with Crippen molar-refractivity contribution in [2.45, 2.75) is 24.8 Å². The van der Waals surface area contributed by atoms with E-state index in [1.165, 1.54) is 25.4 Å². The molecule has 0 bridgehead atoms. The smallest absolute Gasteiger partial charge is 0.338 e. The zero-order chi connectivity index (χ0) is 24.4. The van der Waals surface area contributed by atoms with Gasteiger partial charge in [0.2, 0.25) is 0 Å². The summed E-state index contributed by atoms with van der Waals surface area (Å²) in [6, 6.07) is 14.0. The molecular weight excluding hydrogens is 472 g/mol. The van der Waals surface area contributed by atoms with Gasteiger partial charge < -0.3 is 9.47 Å². The van der Waals surface area contributed by atoms with E-state index in [1.807, 2.05) is 30.5 Å². The highest BCUT2D eigenvalue weighted by Gasteiger charge is 2.33. The van der Waals surface area contributed by atoms with Gasteiger partial charge in [0.1, 0.15) is 5.75 Å². The molecule has 34 heavy (non-hydrogen) atoms. The van der Waals surface area contributed by atoms with Gasteiger partial charge in [0, 0.05) is 11.8 Å². The van der Waals surface area contributed by atoms with Crippen molar-refractivity contribution < 1.29 is 19.1 Å². The summed E-state index contributed by atoms with van der Waals surface area (Å²) in [4.78, 5) is 43.5. The van der Waals surface area contributed by atoms with E-state index in [9.17, 15) is 14.4 Å². The predicted molar refractivity (Wildman–Crippen MR) is 132 cm³/mol. The van der Waals surface area contributed by atoms with Crippen LogP contribution in [0.2, 0.25) is 0 Å². The van der Waals surface area contributed by atoms with Crippen molar-refractivity contribution in [2.24, 2.45) is 4.99 Å². The molecule has 1 aliphatic heterocycles. The average molecular weight is 495 g/mol. The molecular formula is C25H22N2O5S2. The second-order valence-corrected chi connectivity index (χ2v) is 9.40. The van der Waals surface area contributed by atoms with E-state index in [1.54, 1.807) is 53.6 Å². The first-order chi connectivity index (χ1) is 16.3. The molecule has 0 saturated carbocycles. The van der Waals surface area contributed by atoms with Crippen molar-refractivity contribution in [2.75, 3.05) is 13.4 Å². The molecule has 2 heterocycles. The van der Waals surface area contributed by atoms with Crippen molar-refractivity contribution in [3.8, 4) is 5.75 Å². The van der Waals surface area contributed by atoms with Gasteiger partial charge in [0.05, 0.1) is 29.0 Å². The van der Waals surface area contributed by atoms with Gasteiger partial charge in [-0.25, -0.2) is 9.79 Å². The molecule has 9 heteroatoms. The number of hydrogen-bond donors (Lipinski definition) is 0. The van der Waals surface area contributed by atoms with Crippen LogP contribution in [-0.2, 0) is 14.3 Å². The minimum atomic E-state index is -0.645. The number of fused-ring (bicyclic) bond motifs is 1. The second-order valence-electron chi connectivity index (χ2n) is 7.51. The molecule has 1 atom stereocenters. The summed E-state index contributed by atoms with van der Waals surface area (Å²) in [5, 5.41) is 0. The number of carbonyl (C=O) groups is 2. The molecule has 3 aromatic rings. The molecule has 0 fully saturated rings. The second kappa shape index (κ2) is 9.82. The first-order valence-corrected chi connectivity index (χ1v) is 12.4. The first kappa shape index (κ1) is 23.7. The Hall–Kier alpha value is -3.43. The third kappa shape index (κ3) is 4.62. The maximum atomic E-state index is 13.5. The first-order valence-electron chi connectivity index (χ1n) is 10.4. The lowest BCUT2D eigenvalue weighted by molar-refractivity contribution is -0.136. The zero-order valence-corrected chi connectivity index (χ0v) is 20.7. The van der Waals surface area contributed by atoms with Gasteiger partial charge in [-0.05, 0) is 54.6 Å². The number of rotatable bonds is 5. The topological polar surface area (TPSA) is 87.0 Å². The SMILES string of the molecule is COC(=O)C1=C(C)N=c2sc(=Cc3ccc(OC(C)=O)cc3)c(=O)n2C1c1ccc(SC)cc1. The fourth-order valence-corrected chi connectivity index (χ4v) is 5.20. The molecule has 1 unspecified atom stereocenters. The van der Waals surface area contributed by atoms with Gasteiger partial charge >= 0.3 is 11.9 Å². The van der Waals surface area contributed by atoms with Crippen molar-refractivity contribution in [3.63, 3.8) is 0 Å². The number of benzene rings is 2. The van der Waals surface area contributed by atoms with Crippen LogP contribution in [0.4, 0.5) is 0 Å². The summed E-state index contributed by atoms with van der Waals surface area (Å²) in [5.74, 6) is -0.489. The molecule has 2 aromatic carbocycles. The highest BCUT2D eigenvalue weighted by molar-refractivity contribution is 7.98. The molecule has 0 N–H and O–H groups in total. The Morgan fingerprint density at radius 3 is 2.38 bits per heavy atom. The van der Waals surface area contributed by atoms with Gasteiger partial charge in [-0.2, -0.15) is 0 Å². The Bertz CT molecular complexity index is 1470. The van der Waals surface area contributed by atoms with Crippen LogP contribution in [0.3, 0.4) is 0 Å². The number of carbonyl (C=O) groups excluding carboxylic acids is 2. The Morgan fingerprint density at radius 1 is 1.12 bits per heavy atom. The van der Waals surface area contributed by atoms with E-state index in [-0.39, 0.29) is 5.56 Å². The molecule has 174 valence electrons. The van der Waals surface area contributed by atoms with Gasteiger partial charge in [-0.15, -0.1) is 11.8 Å². The van der Waals surface area contributed by atoms with Crippen LogP contribution in [0.1, 0.15) is 31.0 Å². The lowest BCUT2D eigenvalue weighted by Gasteiger charge is -2.24. The minimum Gasteiger partial charge on any atom is -0.466 e. The largest absolute Gasteiger partial charge is 0.466 e. The number of esters is 2. The molecule has 0 radical (unpaired) electrons. The van der Waals surface area contributed by atoms with Crippen LogP contribution in [-0.4, -0.2) is 29.9 Å². The monoisotopic (exact) mass is 494 g/mol. The molecule has 0 aliphatic carbocycles. The molecule has 1 aliphatic rings. The van der Waals surface area contributed by atoms with E-state index in [2.05, 4.69) is 4.99 Å². The third-order valence-electron chi connectivity index (χ3n) is 5.30. The summed E-state index contributed by atoms with van der Waals surface area (Å²) < 4.78 is 12.1. The Labute approximate surface area is 204 Å². The lowest BCUT2D eigenvalue weighted by atomic mass is 9.96. The van der Waals surface area contributed by atoms with E-state index < -0.39 is 18.0 Å². The summed E-state index contributed by atoms with van der Waals surface area (Å²) in [7, 11) is 1.32. The normalized spacial score (nSPS) is 15.5. The molecule has 0 amide bonds. The van der Waals surface area contributed by atoms with Crippen LogP contribution in [0, 0.1) is 0 Å². The number of thioether (sulfide) groups is 1. The number of thiazole rings is 1. The highest BCUT2D eigenvalue weighted by Crippen LogP contribution is 2.31. The fraction of sp³-hybridized carbons (Fsp3) is 0.200. The number of hydrogen-bond acceptors (Lipinski definition) is 8. The maximum absolute atomic E-state index is 13.5. The van der Waals surface area contributed by atoms with E-state index in [4.69, 9.17) is 9.47 Å². The van der Waals surface area contributed by atoms with Crippen LogP contribution in [0.5, 0.6) is 5.75 Å². The van der Waals surface area contributed by atoms with Crippen molar-refractivity contribution >= 4 is 41.1 Å². The molecule has 0 saturated heterocycles. The third-order valence-corrected chi connectivity index (χ3v) is 7.02. The molecule has 0 spiro atoms.